The lowest BCUT2D eigenvalue weighted by molar-refractivity contribution is -0.139. The van der Waals surface area contributed by atoms with Crippen LogP contribution in [-0.4, -0.2) is 61.9 Å². The molecule has 1 spiro atoms. The molecule has 0 aromatic heterocycles. The van der Waals surface area contributed by atoms with Crippen molar-refractivity contribution < 1.29 is 22.8 Å². The Morgan fingerprint density at radius 2 is 1.88 bits per heavy atom. The third-order valence-electron chi connectivity index (χ3n) is 7.45. The first-order valence-electron chi connectivity index (χ1n) is 11.4. The highest BCUT2D eigenvalue weighted by Crippen LogP contribution is 2.47. The Balaban J connectivity index is 1.57. The number of nitriles is 1. The smallest absolute Gasteiger partial charge is 0.370 e. The molecule has 6 nitrogen and oxygen atoms in total. The lowest BCUT2D eigenvalue weighted by Crippen LogP contribution is -2.49. The van der Waals surface area contributed by atoms with Crippen molar-refractivity contribution in [1.29, 1.82) is 5.26 Å². The predicted molar refractivity (Wildman–Crippen MR) is 116 cm³/mol. The van der Waals surface area contributed by atoms with Crippen molar-refractivity contribution in [3.8, 4) is 6.07 Å². The maximum atomic E-state index is 13.5. The first kappa shape index (κ1) is 23.4. The third kappa shape index (κ3) is 4.66. The van der Waals surface area contributed by atoms with E-state index >= 15 is 0 Å². The molecule has 2 heterocycles. The second kappa shape index (κ2) is 8.54. The van der Waals surface area contributed by atoms with Crippen LogP contribution in [0.1, 0.15) is 43.2 Å². The van der Waals surface area contributed by atoms with E-state index in [2.05, 4.69) is 0 Å². The summed E-state index contributed by atoms with van der Waals surface area (Å²) in [6.45, 7) is 1.90. The van der Waals surface area contributed by atoms with E-state index in [0.29, 0.717) is 57.0 Å². The second-order valence-electron chi connectivity index (χ2n) is 9.90. The summed E-state index contributed by atoms with van der Waals surface area (Å²) < 4.78 is 40.5. The summed E-state index contributed by atoms with van der Waals surface area (Å²) in [6.07, 6.45) is -0.529. The van der Waals surface area contributed by atoms with E-state index in [-0.39, 0.29) is 17.7 Å². The van der Waals surface area contributed by atoms with Crippen LogP contribution < -0.4 is 4.90 Å². The summed E-state index contributed by atoms with van der Waals surface area (Å²) in [5.74, 6) is 0.273. The zero-order valence-corrected chi connectivity index (χ0v) is 19.0. The highest BCUT2D eigenvalue weighted by Gasteiger charge is 2.52. The van der Waals surface area contributed by atoms with Crippen LogP contribution in [0.2, 0.25) is 0 Å². The van der Waals surface area contributed by atoms with Gasteiger partial charge in [-0.2, -0.15) is 18.4 Å². The average molecular weight is 463 g/mol. The summed E-state index contributed by atoms with van der Waals surface area (Å²) in [5.41, 5.74) is -1.41. The minimum absolute atomic E-state index is 0.0417. The number of halogens is 3. The summed E-state index contributed by atoms with van der Waals surface area (Å²) >= 11 is 0. The van der Waals surface area contributed by atoms with Crippen LogP contribution in [0.3, 0.4) is 0 Å². The van der Waals surface area contributed by atoms with Crippen molar-refractivity contribution >= 4 is 17.5 Å². The van der Waals surface area contributed by atoms with Gasteiger partial charge in [-0.25, -0.2) is 0 Å². The molecule has 4 rings (SSSR count). The van der Waals surface area contributed by atoms with Crippen LogP contribution >= 0.6 is 0 Å². The number of carbonyl (C=O) groups is 2. The Labute approximate surface area is 191 Å². The maximum Gasteiger partial charge on any atom is 0.417 e. The van der Waals surface area contributed by atoms with E-state index in [9.17, 15) is 22.8 Å². The van der Waals surface area contributed by atoms with Gasteiger partial charge in [0.1, 0.15) is 0 Å². The van der Waals surface area contributed by atoms with Gasteiger partial charge in [-0.15, -0.1) is 0 Å². The van der Waals surface area contributed by atoms with Crippen molar-refractivity contribution in [2.24, 2.45) is 17.3 Å². The fraction of sp³-hybridized carbons (Fsp3) is 0.625. The molecule has 3 fully saturated rings. The van der Waals surface area contributed by atoms with Crippen molar-refractivity contribution in [2.45, 2.75) is 38.3 Å². The van der Waals surface area contributed by atoms with Crippen LogP contribution in [0.4, 0.5) is 18.9 Å². The van der Waals surface area contributed by atoms with E-state index in [0.717, 1.165) is 18.9 Å². The molecule has 2 amide bonds. The summed E-state index contributed by atoms with van der Waals surface area (Å²) in [4.78, 5) is 30.9. The Morgan fingerprint density at radius 3 is 2.42 bits per heavy atom. The molecule has 1 aliphatic carbocycles. The summed E-state index contributed by atoms with van der Waals surface area (Å²) in [7, 11) is 3.38. The number of piperidine rings is 1. The zero-order chi connectivity index (χ0) is 24.0. The predicted octanol–water partition coefficient (Wildman–Crippen LogP) is 3.51. The van der Waals surface area contributed by atoms with E-state index in [1.54, 1.807) is 25.1 Å². The van der Waals surface area contributed by atoms with Gasteiger partial charge in [0.05, 0.1) is 23.1 Å². The molecule has 0 radical (unpaired) electrons. The molecule has 1 aromatic carbocycles. The number of nitrogens with zero attached hydrogens (tertiary/aromatic N) is 4. The number of anilines is 1. The molecular weight excluding hydrogens is 433 g/mol. The number of benzene rings is 1. The van der Waals surface area contributed by atoms with E-state index < -0.39 is 22.7 Å². The van der Waals surface area contributed by atoms with Gasteiger partial charge in [0.15, 0.2) is 0 Å². The van der Waals surface area contributed by atoms with Crippen LogP contribution in [-0.2, 0) is 15.8 Å². The minimum Gasteiger partial charge on any atom is -0.370 e. The number of alkyl halides is 3. The topological polar surface area (TPSA) is 67.7 Å². The third-order valence-corrected chi connectivity index (χ3v) is 7.45. The first-order valence-corrected chi connectivity index (χ1v) is 11.4. The Bertz CT molecular complexity index is 973. The molecule has 0 N–H and O–H groups in total. The van der Waals surface area contributed by atoms with Gasteiger partial charge < -0.3 is 14.7 Å². The zero-order valence-electron chi connectivity index (χ0n) is 19.0. The van der Waals surface area contributed by atoms with E-state index in [1.807, 2.05) is 9.80 Å². The quantitative estimate of drug-likeness (QED) is 0.687. The molecular formula is C24H29F3N4O2. The number of carbonyl (C=O) groups excluding carboxylic acids is 2. The van der Waals surface area contributed by atoms with Crippen LogP contribution in [0.15, 0.2) is 18.2 Å². The molecule has 9 heteroatoms. The molecule has 2 aliphatic heterocycles. The van der Waals surface area contributed by atoms with Gasteiger partial charge in [0.2, 0.25) is 11.8 Å². The van der Waals surface area contributed by atoms with Gasteiger partial charge >= 0.3 is 6.18 Å². The van der Waals surface area contributed by atoms with Crippen LogP contribution in [0.5, 0.6) is 0 Å². The lowest BCUT2D eigenvalue weighted by Gasteiger charge is -2.42. The van der Waals surface area contributed by atoms with Gasteiger partial charge in [-0.3, -0.25) is 9.59 Å². The van der Waals surface area contributed by atoms with Gasteiger partial charge in [0.25, 0.3) is 0 Å². The van der Waals surface area contributed by atoms with Gasteiger partial charge in [-0.05, 0) is 49.8 Å². The Morgan fingerprint density at radius 1 is 1.21 bits per heavy atom. The summed E-state index contributed by atoms with van der Waals surface area (Å²) in [6, 6.07) is 5.36. The molecule has 2 saturated heterocycles. The van der Waals surface area contributed by atoms with Crippen LogP contribution in [0.25, 0.3) is 0 Å². The number of amides is 2. The normalized spacial score (nSPS) is 22.4. The highest BCUT2D eigenvalue weighted by molar-refractivity contribution is 5.81. The van der Waals surface area contributed by atoms with Crippen molar-refractivity contribution in [2.75, 3.05) is 45.2 Å². The van der Waals surface area contributed by atoms with Crippen molar-refractivity contribution in [3.05, 3.63) is 29.3 Å². The number of hydrogen-bond acceptors (Lipinski definition) is 4. The molecule has 3 aliphatic rings. The van der Waals surface area contributed by atoms with Crippen molar-refractivity contribution in [1.82, 2.24) is 9.80 Å². The average Bonchev–Trinajstić information content (AvgIpc) is 3.52. The van der Waals surface area contributed by atoms with Crippen molar-refractivity contribution in [3.63, 3.8) is 0 Å². The monoisotopic (exact) mass is 462 g/mol. The van der Waals surface area contributed by atoms with Gasteiger partial charge in [-0.1, -0.05) is 0 Å². The SMILES string of the molecule is CN(C)C(=O)C1CN(c2ccc(C#N)c(C(F)(F)F)c2)CC12CCN(C(=O)CC1CC1)CC2. The molecule has 178 valence electrons. The number of hydrogen-bond donors (Lipinski definition) is 0. The minimum atomic E-state index is -4.63. The van der Waals surface area contributed by atoms with Crippen LogP contribution in [0, 0.1) is 28.6 Å². The maximum absolute atomic E-state index is 13.5. The van der Waals surface area contributed by atoms with E-state index in [1.165, 1.54) is 12.1 Å². The number of rotatable bonds is 4. The molecule has 1 atom stereocenters. The Hall–Kier alpha value is -2.76. The molecule has 1 saturated carbocycles. The van der Waals surface area contributed by atoms with E-state index in [4.69, 9.17) is 5.26 Å². The molecule has 1 unspecified atom stereocenters. The number of likely N-dealkylation sites (tertiary alicyclic amines) is 1. The standard InChI is InChI=1S/C24H29F3N4O2/c1-29(2)22(33)20-14-31(18-6-5-17(13-28)19(12-18)24(25,26)27)15-23(20)7-9-30(10-8-23)21(32)11-16-3-4-16/h5-6,12,16,20H,3-4,7-11,14-15H2,1-2H3. The summed E-state index contributed by atoms with van der Waals surface area (Å²) in [5, 5.41) is 9.09. The Kier molecular flexibility index (Phi) is 6.06. The lowest BCUT2D eigenvalue weighted by atomic mass is 9.70. The fourth-order valence-electron chi connectivity index (χ4n) is 5.28. The molecule has 1 aromatic rings. The van der Waals surface area contributed by atoms with Gasteiger partial charge in [0, 0.05) is 57.8 Å². The second-order valence-corrected chi connectivity index (χ2v) is 9.90. The first-order chi connectivity index (χ1) is 15.5. The highest BCUT2D eigenvalue weighted by atomic mass is 19.4. The molecule has 33 heavy (non-hydrogen) atoms. The fourth-order valence-corrected chi connectivity index (χ4v) is 5.28. The molecule has 0 bridgehead atoms. The largest absolute Gasteiger partial charge is 0.417 e.